The van der Waals surface area contributed by atoms with Crippen molar-refractivity contribution in [3.8, 4) is 11.6 Å². The van der Waals surface area contributed by atoms with E-state index in [1.54, 1.807) is 23.2 Å². The third-order valence-corrected chi connectivity index (χ3v) is 6.82. The van der Waals surface area contributed by atoms with E-state index in [1.165, 1.54) is 0 Å². The average molecular weight is 473 g/mol. The van der Waals surface area contributed by atoms with Gasteiger partial charge >= 0.3 is 6.03 Å². The highest BCUT2D eigenvalue weighted by Gasteiger charge is 2.28. The summed E-state index contributed by atoms with van der Waals surface area (Å²) in [4.78, 5) is 24.2. The predicted octanol–water partition coefficient (Wildman–Crippen LogP) is 5.33. The van der Waals surface area contributed by atoms with Crippen molar-refractivity contribution in [2.75, 3.05) is 11.9 Å². The van der Waals surface area contributed by atoms with E-state index in [0.717, 1.165) is 66.7 Å². The summed E-state index contributed by atoms with van der Waals surface area (Å²) < 4.78 is 13.1. The minimum atomic E-state index is -0.292. The average Bonchev–Trinajstić information content (AvgIpc) is 3.45. The molecule has 1 saturated carbocycles. The van der Waals surface area contributed by atoms with Gasteiger partial charge in [-0.15, -0.1) is 0 Å². The van der Waals surface area contributed by atoms with Crippen molar-refractivity contribution in [2.45, 2.75) is 58.0 Å². The Hall–Kier alpha value is -3.72. The highest BCUT2D eigenvalue weighted by molar-refractivity contribution is 5.98. The van der Waals surface area contributed by atoms with Crippen molar-refractivity contribution in [3.63, 3.8) is 0 Å². The molecule has 1 aliphatic carbocycles. The molecule has 0 spiro atoms. The summed E-state index contributed by atoms with van der Waals surface area (Å²) in [6.07, 6.45) is 7.52. The zero-order chi connectivity index (χ0) is 23.9. The molecule has 35 heavy (non-hydrogen) atoms. The summed E-state index contributed by atoms with van der Waals surface area (Å²) in [5.74, 6) is 2.98. The first-order valence-corrected chi connectivity index (χ1v) is 12.2. The maximum atomic E-state index is 12.8. The molecular formula is C26H28N6O3. The molecule has 9 nitrogen and oxygen atoms in total. The molecule has 0 saturated heterocycles. The Morgan fingerprint density at radius 3 is 2.94 bits per heavy atom. The van der Waals surface area contributed by atoms with Gasteiger partial charge < -0.3 is 9.26 Å². The van der Waals surface area contributed by atoms with Crippen molar-refractivity contribution in [2.24, 2.45) is 0 Å². The number of anilines is 1. The second kappa shape index (κ2) is 8.81. The van der Waals surface area contributed by atoms with Gasteiger partial charge in [0.1, 0.15) is 17.8 Å². The standard InChI is InChI=1S/C26H28N6O3/c1-3-9-31-14-21-20(11-16(31)2)25(28-15-27-21)34-19-6-7-22-18(12-19)8-10-32(22)26(33)29-24-13-23(35-30-24)17-4-5-17/h6-8,10,12-13,15-17H,3-5,9,11,14H2,1-2H3,(H,29,30,33). The SMILES string of the molecule is CCCN1Cc2ncnc(Oc3ccc4c(ccn4C(=O)Nc4cc(C5CC5)on4)c3)c2CC1C. The third-order valence-electron chi connectivity index (χ3n) is 6.82. The summed E-state index contributed by atoms with van der Waals surface area (Å²) in [5, 5.41) is 7.67. The lowest BCUT2D eigenvalue weighted by Crippen LogP contribution is -2.39. The van der Waals surface area contributed by atoms with E-state index in [-0.39, 0.29) is 6.03 Å². The number of rotatable bonds is 6. The van der Waals surface area contributed by atoms with E-state index >= 15 is 0 Å². The number of hydrogen-bond donors (Lipinski definition) is 1. The third kappa shape index (κ3) is 4.27. The largest absolute Gasteiger partial charge is 0.439 e. The second-order valence-corrected chi connectivity index (χ2v) is 9.46. The fourth-order valence-electron chi connectivity index (χ4n) is 4.77. The molecule has 1 unspecified atom stereocenters. The van der Waals surface area contributed by atoms with Gasteiger partial charge in [-0.1, -0.05) is 12.1 Å². The Morgan fingerprint density at radius 1 is 1.23 bits per heavy atom. The van der Waals surface area contributed by atoms with Crippen LogP contribution in [-0.4, -0.2) is 43.2 Å². The number of fused-ring (bicyclic) bond motifs is 2. The summed E-state index contributed by atoms with van der Waals surface area (Å²) in [7, 11) is 0. The summed E-state index contributed by atoms with van der Waals surface area (Å²) in [6.45, 7) is 6.30. The fourth-order valence-corrected chi connectivity index (χ4v) is 4.77. The highest BCUT2D eigenvalue weighted by atomic mass is 16.5. The van der Waals surface area contributed by atoms with Crippen molar-refractivity contribution in [1.82, 2.24) is 24.6 Å². The molecule has 3 aromatic heterocycles. The van der Waals surface area contributed by atoms with Gasteiger partial charge in [0.25, 0.3) is 0 Å². The van der Waals surface area contributed by atoms with Gasteiger partial charge in [0.2, 0.25) is 5.88 Å². The first kappa shape index (κ1) is 21.8. The first-order chi connectivity index (χ1) is 17.1. The number of aromatic nitrogens is 4. The maximum absolute atomic E-state index is 12.8. The summed E-state index contributed by atoms with van der Waals surface area (Å²) in [6, 6.07) is 9.47. The molecule has 1 aromatic carbocycles. The van der Waals surface area contributed by atoms with Crippen LogP contribution in [0.4, 0.5) is 10.6 Å². The second-order valence-electron chi connectivity index (χ2n) is 9.46. The topological polar surface area (TPSA) is 98.3 Å². The quantitative estimate of drug-likeness (QED) is 0.405. The first-order valence-electron chi connectivity index (χ1n) is 12.2. The van der Waals surface area contributed by atoms with E-state index in [9.17, 15) is 4.79 Å². The minimum Gasteiger partial charge on any atom is -0.439 e. The molecule has 2 aliphatic rings. The van der Waals surface area contributed by atoms with Crippen LogP contribution in [0.3, 0.4) is 0 Å². The van der Waals surface area contributed by atoms with Crippen molar-refractivity contribution in [3.05, 3.63) is 59.9 Å². The highest BCUT2D eigenvalue weighted by Crippen LogP contribution is 2.40. The molecular weight excluding hydrogens is 444 g/mol. The molecule has 1 atom stereocenters. The van der Waals surface area contributed by atoms with Crippen LogP contribution in [-0.2, 0) is 13.0 Å². The molecule has 4 aromatic rings. The summed E-state index contributed by atoms with van der Waals surface area (Å²) >= 11 is 0. The molecule has 0 bridgehead atoms. The number of ether oxygens (including phenoxy) is 1. The van der Waals surface area contributed by atoms with Gasteiger partial charge in [0.15, 0.2) is 5.82 Å². The monoisotopic (exact) mass is 472 g/mol. The van der Waals surface area contributed by atoms with Gasteiger partial charge in [-0.05, 0) is 63.4 Å². The number of hydrogen-bond acceptors (Lipinski definition) is 7. The number of benzene rings is 1. The van der Waals surface area contributed by atoms with Crippen molar-refractivity contribution >= 4 is 22.8 Å². The number of nitrogens with one attached hydrogen (secondary N) is 1. The van der Waals surface area contributed by atoms with E-state index in [2.05, 4.69) is 39.2 Å². The Labute approximate surface area is 203 Å². The molecule has 9 heteroatoms. The van der Waals surface area contributed by atoms with Gasteiger partial charge in [-0.3, -0.25) is 14.8 Å². The molecule has 1 aliphatic heterocycles. The lowest BCUT2D eigenvalue weighted by atomic mass is 9.99. The molecule has 1 N–H and O–H groups in total. The molecule has 1 amide bonds. The van der Waals surface area contributed by atoms with Crippen LogP contribution >= 0.6 is 0 Å². The van der Waals surface area contributed by atoms with Gasteiger partial charge in [-0.25, -0.2) is 14.8 Å². The van der Waals surface area contributed by atoms with E-state index in [4.69, 9.17) is 9.26 Å². The zero-order valence-electron chi connectivity index (χ0n) is 19.9. The summed E-state index contributed by atoms with van der Waals surface area (Å²) in [5.41, 5.74) is 2.88. The predicted molar refractivity (Wildman–Crippen MR) is 131 cm³/mol. The minimum absolute atomic E-state index is 0.292. The van der Waals surface area contributed by atoms with E-state index in [1.807, 2.05) is 24.3 Å². The van der Waals surface area contributed by atoms with Gasteiger partial charge in [0.05, 0.1) is 11.2 Å². The molecule has 0 radical (unpaired) electrons. The van der Waals surface area contributed by atoms with Gasteiger partial charge in [-0.2, -0.15) is 0 Å². The van der Waals surface area contributed by atoms with Crippen LogP contribution in [0.2, 0.25) is 0 Å². The van der Waals surface area contributed by atoms with Crippen LogP contribution in [0, 0.1) is 0 Å². The number of amides is 1. The lowest BCUT2D eigenvalue weighted by molar-refractivity contribution is 0.179. The number of carbonyl (C=O) groups excluding carboxylic acids is 1. The Kier molecular flexibility index (Phi) is 5.49. The van der Waals surface area contributed by atoms with Crippen LogP contribution in [0.25, 0.3) is 10.9 Å². The van der Waals surface area contributed by atoms with Crippen LogP contribution in [0.15, 0.2) is 47.4 Å². The lowest BCUT2D eigenvalue weighted by Gasteiger charge is -2.34. The molecule has 1 fully saturated rings. The van der Waals surface area contributed by atoms with Crippen molar-refractivity contribution < 1.29 is 14.1 Å². The smallest absolute Gasteiger partial charge is 0.331 e. The van der Waals surface area contributed by atoms with E-state index in [0.29, 0.717) is 29.4 Å². The molecule has 6 rings (SSSR count). The zero-order valence-corrected chi connectivity index (χ0v) is 19.9. The van der Waals surface area contributed by atoms with Gasteiger partial charge in [0, 0.05) is 41.7 Å². The van der Waals surface area contributed by atoms with Crippen LogP contribution < -0.4 is 10.1 Å². The Bertz CT molecular complexity index is 1390. The van der Waals surface area contributed by atoms with E-state index < -0.39 is 0 Å². The number of nitrogens with zero attached hydrogens (tertiary/aromatic N) is 5. The molecule has 4 heterocycles. The maximum Gasteiger partial charge on any atom is 0.331 e. The van der Waals surface area contributed by atoms with Crippen molar-refractivity contribution in [1.29, 1.82) is 0 Å². The Morgan fingerprint density at radius 2 is 2.11 bits per heavy atom. The Balaban J connectivity index is 1.20. The normalized spacial score (nSPS) is 17.9. The number of carbonyl (C=O) groups is 1. The fraction of sp³-hybridized carbons (Fsp3) is 0.385. The van der Waals surface area contributed by atoms with Crippen LogP contribution in [0.5, 0.6) is 11.6 Å². The van der Waals surface area contributed by atoms with Crippen LogP contribution in [0.1, 0.15) is 56.0 Å². The molecule has 180 valence electrons.